The van der Waals surface area contributed by atoms with Gasteiger partial charge in [0.15, 0.2) is 0 Å². The Morgan fingerprint density at radius 1 is 0.970 bits per heavy atom. The van der Waals surface area contributed by atoms with Crippen molar-refractivity contribution >= 4 is 28.9 Å². The number of fused-ring (bicyclic) bond motifs is 1. The lowest BCUT2D eigenvalue weighted by Gasteiger charge is -2.15. The summed E-state index contributed by atoms with van der Waals surface area (Å²) in [5.41, 5.74) is 5.90. The molecule has 3 heterocycles. The van der Waals surface area contributed by atoms with Gasteiger partial charge in [-0.2, -0.15) is 5.10 Å². The smallest absolute Gasteiger partial charge is 0.223 e. The van der Waals surface area contributed by atoms with Gasteiger partial charge in [0.1, 0.15) is 11.5 Å². The number of hydrogen-bond donors (Lipinski definition) is 2. The minimum atomic E-state index is 0.454. The third kappa shape index (κ3) is 4.15. The highest BCUT2D eigenvalue weighted by atomic mass is 35.5. The summed E-state index contributed by atoms with van der Waals surface area (Å²) in [6.07, 6.45) is 9.04. The molecule has 3 aromatic heterocycles. The summed E-state index contributed by atoms with van der Waals surface area (Å²) in [7, 11) is 0. The molecule has 0 amide bonds. The number of anilines is 2. The van der Waals surface area contributed by atoms with Crippen molar-refractivity contribution in [1.29, 1.82) is 0 Å². The van der Waals surface area contributed by atoms with Gasteiger partial charge in [-0.05, 0) is 56.9 Å². The predicted molar refractivity (Wildman–Crippen MR) is 134 cm³/mol. The van der Waals surface area contributed by atoms with E-state index in [1.807, 2.05) is 28.9 Å². The van der Waals surface area contributed by atoms with Crippen LogP contribution in [0, 0.1) is 6.92 Å². The van der Waals surface area contributed by atoms with E-state index in [1.54, 1.807) is 0 Å². The molecular weight excluding hydrogens is 432 g/mol. The van der Waals surface area contributed by atoms with E-state index in [9.17, 15) is 0 Å². The van der Waals surface area contributed by atoms with E-state index in [2.05, 4.69) is 46.8 Å². The summed E-state index contributed by atoms with van der Waals surface area (Å²) in [4.78, 5) is 9.32. The van der Waals surface area contributed by atoms with E-state index in [1.165, 1.54) is 44.1 Å². The predicted octanol–water partition coefficient (Wildman–Crippen LogP) is 6.35. The van der Waals surface area contributed by atoms with Crippen molar-refractivity contribution in [3.63, 3.8) is 0 Å². The van der Waals surface area contributed by atoms with Gasteiger partial charge in [-0.1, -0.05) is 48.2 Å². The van der Waals surface area contributed by atoms with Gasteiger partial charge >= 0.3 is 0 Å². The molecule has 2 aliphatic rings. The number of aromatic nitrogens is 4. The number of pyridine rings is 1. The lowest BCUT2D eigenvalue weighted by molar-refractivity contribution is 0.742. The van der Waals surface area contributed by atoms with Crippen molar-refractivity contribution in [1.82, 2.24) is 19.6 Å². The van der Waals surface area contributed by atoms with Gasteiger partial charge in [-0.15, -0.1) is 0 Å². The van der Waals surface area contributed by atoms with Gasteiger partial charge in [-0.25, -0.2) is 14.5 Å². The van der Waals surface area contributed by atoms with E-state index in [0.717, 1.165) is 33.8 Å². The van der Waals surface area contributed by atoms with Crippen LogP contribution in [0.15, 0.2) is 48.7 Å². The second-order valence-corrected chi connectivity index (χ2v) is 9.70. The van der Waals surface area contributed by atoms with Crippen LogP contribution in [0.5, 0.6) is 0 Å². The Kier molecular flexibility index (Phi) is 5.18. The van der Waals surface area contributed by atoms with Crippen LogP contribution in [-0.2, 0) is 0 Å². The van der Waals surface area contributed by atoms with E-state index in [4.69, 9.17) is 21.7 Å². The summed E-state index contributed by atoms with van der Waals surface area (Å²) in [5.74, 6) is 1.59. The summed E-state index contributed by atoms with van der Waals surface area (Å²) in [6, 6.07) is 15.3. The van der Waals surface area contributed by atoms with Crippen LogP contribution in [0.4, 0.5) is 11.8 Å². The second-order valence-electron chi connectivity index (χ2n) is 9.26. The minimum Gasteiger partial charge on any atom is -0.367 e. The first-order valence-corrected chi connectivity index (χ1v) is 12.2. The summed E-state index contributed by atoms with van der Waals surface area (Å²) >= 11 is 6.63. The zero-order chi connectivity index (χ0) is 22.4. The lowest BCUT2D eigenvalue weighted by atomic mass is 10.0. The number of aryl methyl sites for hydroxylation is 1. The molecule has 0 saturated heterocycles. The monoisotopic (exact) mass is 458 g/mol. The standard InChI is InChI=1S/C26H27ClN6/c1-16-5-4-6-17(13-16)25-24(21-11-12-28-26(31-21)30-20-9-10-20)22-14-18(27)15-23(33(22)32-25)29-19-7-2-3-8-19/h4-6,11-15,19-20,29H,2-3,7-10H2,1H3,(H,28,30,31). The molecule has 0 aliphatic heterocycles. The molecule has 2 aliphatic carbocycles. The summed E-state index contributed by atoms with van der Waals surface area (Å²) in [5, 5.41) is 12.9. The average Bonchev–Trinajstić information content (AvgIpc) is 3.30. The number of halogens is 1. The number of hydrogen-bond acceptors (Lipinski definition) is 5. The van der Waals surface area contributed by atoms with Crippen molar-refractivity contribution in [2.75, 3.05) is 10.6 Å². The zero-order valence-corrected chi connectivity index (χ0v) is 19.4. The molecule has 0 bridgehead atoms. The van der Waals surface area contributed by atoms with Crippen LogP contribution in [0.3, 0.4) is 0 Å². The number of rotatable bonds is 6. The molecule has 6 nitrogen and oxygen atoms in total. The third-order valence-electron chi connectivity index (χ3n) is 6.52. The van der Waals surface area contributed by atoms with Gasteiger partial charge in [0.2, 0.25) is 5.95 Å². The summed E-state index contributed by atoms with van der Waals surface area (Å²) < 4.78 is 1.99. The fraction of sp³-hybridized carbons (Fsp3) is 0.346. The SMILES string of the molecule is Cc1cccc(-c2nn3c(NC4CCCC4)cc(Cl)cc3c2-c2ccnc(NC3CC3)n2)c1. The second kappa shape index (κ2) is 8.34. The highest BCUT2D eigenvalue weighted by Gasteiger charge is 2.24. The van der Waals surface area contributed by atoms with Crippen molar-refractivity contribution in [2.24, 2.45) is 0 Å². The Labute approximate surface area is 198 Å². The van der Waals surface area contributed by atoms with Gasteiger partial charge < -0.3 is 10.6 Å². The Hall–Kier alpha value is -3.12. The van der Waals surface area contributed by atoms with Gasteiger partial charge in [0.25, 0.3) is 0 Å². The lowest BCUT2D eigenvalue weighted by Crippen LogP contribution is -2.17. The molecule has 2 saturated carbocycles. The van der Waals surface area contributed by atoms with Crippen LogP contribution >= 0.6 is 11.6 Å². The van der Waals surface area contributed by atoms with Crippen molar-refractivity contribution in [3.8, 4) is 22.5 Å². The first kappa shape index (κ1) is 20.5. The molecule has 7 heteroatoms. The molecule has 1 aromatic carbocycles. The summed E-state index contributed by atoms with van der Waals surface area (Å²) in [6.45, 7) is 2.10. The van der Waals surface area contributed by atoms with Crippen LogP contribution in [0.2, 0.25) is 5.02 Å². The minimum absolute atomic E-state index is 0.454. The fourth-order valence-corrected chi connectivity index (χ4v) is 4.93. The van der Waals surface area contributed by atoms with Crippen LogP contribution < -0.4 is 10.6 Å². The van der Waals surface area contributed by atoms with Gasteiger partial charge in [0, 0.05) is 28.9 Å². The molecule has 2 N–H and O–H groups in total. The Morgan fingerprint density at radius 3 is 2.58 bits per heavy atom. The van der Waals surface area contributed by atoms with Crippen LogP contribution in [-0.4, -0.2) is 31.7 Å². The fourth-order valence-electron chi connectivity index (χ4n) is 4.72. The Balaban J connectivity index is 1.55. The van der Waals surface area contributed by atoms with Gasteiger partial charge in [-0.3, -0.25) is 0 Å². The first-order valence-electron chi connectivity index (χ1n) is 11.8. The van der Waals surface area contributed by atoms with Crippen molar-refractivity contribution < 1.29 is 0 Å². The van der Waals surface area contributed by atoms with E-state index in [-0.39, 0.29) is 0 Å². The largest absolute Gasteiger partial charge is 0.367 e. The maximum atomic E-state index is 6.63. The Bertz CT molecular complexity index is 1320. The zero-order valence-electron chi connectivity index (χ0n) is 18.7. The van der Waals surface area contributed by atoms with E-state index in [0.29, 0.717) is 23.1 Å². The highest BCUT2D eigenvalue weighted by Crippen LogP contribution is 2.38. The van der Waals surface area contributed by atoms with Crippen LogP contribution in [0.1, 0.15) is 44.1 Å². The molecule has 2 fully saturated rings. The molecular formula is C26H27ClN6. The first-order chi connectivity index (χ1) is 16.1. The molecule has 0 spiro atoms. The van der Waals surface area contributed by atoms with Gasteiger partial charge in [0.05, 0.1) is 16.8 Å². The van der Waals surface area contributed by atoms with Crippen molar-refractivity contribution in [2.45, 2.75) is 57.5 Å². The number of nitrogens with one attached hydrogen (secondary N) is 2. The van der Waals surface area contributed by atoms with E-state index >= 15 is 0 Å². The van der Waals surface area contributed by atoms with Crippen LogP contribution in [0.25, 0.3) is 28.0 Å². The maximum Gasteiger partial charge on any atom is 0.223 e. The third-order valence-corrected chi connectivity index (χ3v) is 6.74. The highest BCUT2D eigenvalue weighted by molar-refractivity contribution is 6.31. The van der Waals surface area contributed by atoms with Crippen molar-refractivity contribution in [3.05, 3.63) is 59.2 Å². The Morgan fingerprint density at radius 2 is 1.79 bits per heavy atom. The molecule has 6 rings (SSSR count). The molecule has 0 radical (unpaired) electrons. The molecule has 0 atom stereocenters. The molecule has 168 valence electrons. The average molecular weight is 459 g/mol. The number of benzene rings is 1. The topological polar surface area (TPSA) is 67.1 Å². The molecule has 4 aromatic rings. The van der Waals surface area contributed by atoms with E-state index < -0.39 is 0 Å². The number of nitrogens with zero attached hydrogens (tertiary/aromatic N) is 4. The molecule has 33 heavy (non-hydrogen) atoms. The molecule has 0 unspecified atom stereocenters. The normalized spacial score (nSPS) is 16.4. The quantitative estimate of drug-likeness (QED) is 0.352. The maximum absolute atomic E-state index is 6.63.